The van der Waals surface area contributed by atoms with Gasteiger partial charge in [0.25, 0.3) is 0 Å². The van der Waals surface area contributed by atoms with Crippen molar-refractivity contribution in [1.29, 1.82) is 0 Å². The molecule has 0 aromatic rings. The van der Waals surface area contributed by atoms with Crippen molar-refractivity contribution >= 4 is 23.7 Å². The molecule has 0 aliphatic heterocycles. The first-order valence-corrected chi connectivity index (χ1v) is 31.2. The van der Waals surface area contributed by atoms with E-state index in [1.165, 1.54) is 69.8 Å². The van der Waals surface area contributed by atoms with E-state index < -0.39 is 34.8 Å². The molecule has 0 aromatic carbocycles. The number of carboxylic acids is 1. The summed E-state index contributed by atoms with van der Waals surface area (Å²) in [6, 6.07) is -2.19. The Bertz CT molecular complexity index is 2380. The summed E-state index contributed by atoms with van der Waals surface area (Å²) >= 11 is 0. The maximum Gasteiger partial charge on any atom is 0.328 e. The van der Waals surface area contributed by atoms with Crippen molar-refractivity contribution in [2.75, 3.05) is 20.1 Å². The molecule has 0 saturated heterocycles. The van der Waals surface area contributed by atoms with Gasteiger partial charge < -0.3 is 39.2 Å². The van der Waals surface area contributed by atoms with E-state index in [0.29, 0.717) is 46.3 Å². The Kier molecular flexibility index (Phi) is 19.8. The third-order valence-corrected chi connectivity index (χ3v) is 28.3. The van der Waals surface area contributed by atoms with E-state index in [1.54, 1.807) is 7.05 Å². The molecule has 9 nitrogen and oxygen atoms in total. The van der Waals surface area contributed by atoms with E-state index in [9.17, 15) is 14.7 Å². The second-order valence-corrected chi connectivity index (χ2v) is 31.5. The third-order valence-electron chi connectivity index (χ3n) is 28.3. The maximum absolute atomic E-state index is 15.1. The van der Waals surface area contributed by atoms with Gasteiger partial charge in [-0.15, -0.1) is 0 Å². The smallest absolute Gasteiger partial charge is 0.328 e. The van der Waals surface area contributed by atoms with Gasteiger partial charge in [0.1, 0.15) is 12.1 Å². The molecule has 12 heteroatoms. The minimum atomic E-state index is -1.33. The van der Waals surface area contributed by atoms with Crippen LogP contribution in [0.5, 0.6) is 0 Å². The van der Waals surface area contributed by atoms with Gasteiger partial charge in [-0.05, 0) is 191 Å². The topological polar surface area (TPSA) is 137 Å². The zero-order valence-corrected chi connectivity index (χ0v) is 60.4. The number of allylic oxidation sites excluding steroid dienone is 2. The molecule has 3 radical (unpaired) electrons. The minimum absolute atomic E-state index is 0. The van der Waals surface area contributed by atoms with Gasteiger partial charge in [-0.3, -0.25) is 14.4 Å². The zero-order valence-electron chi connectivity index (χ0n) is 51.9. The molecule has 10 fully saturated rings. The van der Waals surface area contributed by atoms with Gasteiger partial charge in [0.15, 0.2) is 0 Å². The van der Waals surface area contributed by atoms with Gasteiger partial charge in [-0.1, -0.05) is 131 Å². The minimum Gasteiger partial charge on any atom is -0.480 e. The predicted molar refractivity (Wildman–Crippen MR) is 305 cm³/mol. The average molecular weight is 1310 g/mol. The Morgan fingerprint density at radius 1 is 0.506 bits per heavy atom. The largest absolute Gasteiger partial charge is 0.480 e. The molecule has 10 aliphatic carbocycles. The van der Waals surface area contributed by atoms with Crippen LogP contribution < -0.4 is 21.3 Å². The Balaban J connectivity index is 0.00000301. The molecule has 3 amide bonds. The van der Waals surface area contributed by atoms with E-state index in [1.807, 2.05) is 0 Å². The molecule has 20 unspecified atom stereocenters. The van der Waals surface area contributed by atoms with Crippen LogP contribution in [-0.2, 0) is 117 Å². The summed E-state index contributed by atoms with van der Waals surface area (Å²) in [4.78, 5) is 57.4. The number of hydrogen-bond donors (Lipinski definition) is 5. The quantitative estimate of drug-likeness (QED) is 0.0975. The van der Waals surface area contributed by atoms with Gasteiger partial charge in [-0.25, -0.2) is 4.79 Å². The van der Waals surface area contributed by atoms with Crippen LogP contribution in [0.2, 0.25) is 0 Å². The molecule has 20 atom stereocenters. The number of carbonyl (C=O) groups is 4. The molecule has 0 heterocycles. The Hall–Kier alpha value is 0.632. The molecule has 0 spiro atoms. The van der Waals surface area contributed by atoms with E-state index in [4.69, 9.17) is 0 Å². The van der Waals surface area contributed by atoms with Crippen LogP contribution in [0.25, 0.3) is 0 Å². The molecule has 0 bridgehead atoms. The fraction of sp³-hybridized carbons (Fsp3) is 0.851. The first-order valence-electron chi connectivity index (χ1n) is 31.2. The Morgan fingerprint density at radius 3 is 1.27 bits per heavy atom. The van der Waals surface area contributed by atoms with E-state index >= 15 is 9.59 Å². The van der Waals surface area contributed by atoms with Gasteiger partial charge in [0.2, 0.25) is 17.7 Å². The van der Waals surface area contributed by atoms with Gasteiger partial charge >= 0.3 is 5.97 Å². The number of amides is 3. The second-order valence-electron chi connectivity index (χ2n) is 31.5. The van der Waals surface area contributed by atoms with Crippen LogP contribution in [0, 0.1) is 126 Å². The summed E-state index contributed by atoms with van der Waals surface area (Å²) in [6.07, 6.45) is 27.0. The zero-order chi connectivity index (χ0) is 55.2. The number of aliphatic carboxylic acids is 1. The second kappa shape index (κ2) is 23.3. The summed E-state index contributed by atoms with van der Waals surface area (Å²) in [5.74, 6) is 2.64. The number of hydrogen-bond acceptors (Lipinski definition) is 5. The molecule has 10 aliphatic rings. The van der Waals surface area contributed by atoms with Crippen LogP contribution in [0.3, 0.4) is 0 Å². The molecular formula is C67H106N4O5Y3-2. The normalized spacial score (nSPS) is 46.4. The number of carbonyl (C=O) groups excluding carboxylic acids is 3. The number of carboxylic acid groups (broad SMARTS) is 1. The fourth-order valence-corrected chi connectivity index (χ4v) is 24.3. The number of likely N-dealkylation sites (N-methyl/N-ethyl adjacent to an activating group) is 1. The number of nitrogens with one attached hydrogen (secondary N) is 4. The summed E-state index contributed by atoms with van der Waals surface area (Å²) in [7, 11) is 1.69. The summed E-state index contributed by atoms with van der Waals surface area (Å²) in [5.41, 5.74) is 2.87. The van der Waals surface area contributed by atoms with Crippen molar-refractivity contribution in [2.45, 2.75) is 224 Å². The Morgan fingerprint density at radius 2 is 0.899 bits per heavy atom. The summed E-state index contributed by atoms with van der Waals surface area (Å²) < 4.78 is 0. The van der Waals surface area contributed by atoms with Crippen LogP contribution in [0.1, 0.15) is 212 Å². The van der Waals surface area contributed by atoms with Crippen molar-refractivity contribution in [3.63, 3.8) is 0 Å². The van der Waals surface area contributed by atoms with Crippen LogP contribution >= 0.6 is 0 Å². The molecule has 79 heavy (non-hydrogen) atoms. The number of rotatable bonds is 12. The standard InChI is InChI=1S/C67H106N4O5.3Y/c1-40(2)42-22-32-66(36-34-62(11)44(52(42)66)18-20-50-60(9)28-16-26-58(5,6)48(60)24-30-64(50,62)13)56(75)69-38-46(68-15)54(72)71-47(55(73)74)39-70-57(76)67-33-23-43(41(3)4)53(67)45-19-21-51-61(10)29-17-27-59(7,8)49(61)25-31-65(51,14)63(45,12)35-37-67;;;/h26-27,42-53,68H,1,3,16-25,28-39H2,2,4-15H3,(H,69,75)(H,70,76)(H,71,72)(H,73,74);;;/q-2;;;. The van der Waals surface area contributed by atoms with Crippen molar-refractivity contribution in [1.82, 2.24) is 21.3 Å². The average Bonchev–Trinajstić information content (AvgIpc) is 4.10. The van der Waals surface area contributed by atoms with Crippen LogP contribution in [0.4, 0.5) is 0 Å². The summed E-state index contributed by atoms with van der Waals surface area (Å²) in [5, 5.41) is 23.0. The molecule has 10 rings (SSSR count). The summed E-state index contributed by atoms with van der Waals surface area (Å²) in [6.45, 7) is 39.0. The molecular weight excluding hydrogens is 1210 g/mol. The van der Waals surface area contributed by atoms with Gasteiger partial charge in [0.05, 0.1) is 10.8 Å². The molecule has 5 N–H and O–H groups in total. The first kappa shape index (κ1) is 67.1. The monoisotopic (exact) mass is 1310 g/mol. The van der Waals surface area contributed by atoms with Crippen LogP contribution in [0.15, 0.2) is 24.3 Å². The van der Waals surface area contributed by atoms with Gasteiger partial charge in [0, 0.05) is 111 Å². The first-order chi connectivity index (χ1) is 35.5. The predicted octanol–water partition coefficient (Wildman–Crippen LogP) is 13.1. The SMILES string of the molecule is C=C(C)C1CCC2(C(=O)NCC(NC(=O)C(CNC(=O)C34CCC(C(=C)C)C3C3CCC5C6(C)CC[CH-]C(C)(C)C6CCC5(C)C3(C)CC4)NC)C(=O)O)CCC3(C)C(CCC4C5(C)CC[CH-]C(C)(C)C5CCC43C)C12.[Y].[Y].[Y]. The van der Waals surface area contributed by atoms with Crippen LogP contribution in [-0.4, -0.2) is 61.0 Å². The molecule has 0 aromatic heterocycles. The maximum atomic E-state index is 15.1. The third kappa shape index (κ3) is 10.0. The van der Waals surface area contributed by atoms with Crippen molar-refractivity contribution in [3.05, 3.63) is 37.1 Å². The van der Waals surface area contributed by atoms with Crippen molar-refractivity contribution < 1.29 is 122 Å². The van der Waals surface area contributed by atoms with E-state index in [0.717, 1.165) is 69.8 Å². The van der Waals surface area contributed by atoms with Crippen molar-refractivity contribution in [3.8, 4) is 0 Å². The van der Waals surface area contributed by atoms with E-state index in [2.05, 4.69) is 130 Å². The molecule has 10 saturated carbocycles. The Labute approximate surface area is 555 Å². The molecule has 435 valence electrons. The van der Waals surface area contributed by atoms with E-state index in [-0.39, 0.29) is 179 Å². The van der Waals surface area contributed by atoms with Crippen molar-refractivity contribution in [2.24, 2.45) is 113 Å². The van der Waals surface area contributed by atoms with Gasteiger partial charge in [-0.2, -0.15) is 23.7 Å². The number of fused-ring (bicyclic) bond motifs is 14. The fourth-order valence-electron chi connectivity index (χ4n) is 24.3.